The molecule has 1 saturated heterocycles. The number of anilines is 1. The number of piperidine rings is 1. The summed E-state index contributed by atoms with van der Waals surface area (Å²) in [5, 5.41) is 21.2. The zero-order valence-corrected chi connectivity index (χ0v) is 18.2. The normalized spacial score (nSPS) is 14.7. The molecule has 1 aromatic carbocycles. The van der Waals surface area contributed by atoms with E-state index in [0.717, 1.165) is 36.6 Å². The highest BCUT2D eigenvalue weighted by Crippen LogP contribution is 2.32. The number of nitrogens with zero attached hydrogens (tertiary/aromatic N) is 3. The van der Waals surface area contributed by atoms with Crippen molar-refractivity contribution < 1.29 is 14.7 Å². The van der Waals surface area contributed by atoms with E-state index in [1.807, 2.05) is 21.6 Å². The number of carbonyl (C=O) groups is 2. The van der Waals surface area contributed by atoms with E-state index in [1.165, 1.54) is 0 Å². The molecule has 0 saturated carbocycles. The number of nitrogens with one attached hydrogen (secondary N) is 1. The van der Waals surface area contributed by atoms with Crippen LogP contribution in [-0.4, -0.2) is 46.2 Å². The molecule has 0 aliphatic carbocycles. The van der Waals surface area contributed by atoms with Gasteiger partial charge >= 0.3 is 6.09 Å². The standard InChI is InChI=1S/C23H31N5O3/c1-15(2)6-12-28-19-13-17(14-24)3-4-18(19)20(25)21(28)22(29)27-10-7-16(8-11-27)5-9-26-23(30)31/h3-4,13,15-16,26H,5-12,25H2,1-2H3,(H,30,31). The monoisotopic (exact) mass is 425 g/mol. The fraction of sp³-hybridized carbons (Fsp3) is 0.522. The van der Waals surface area contributed by atoms with Crippen molar-refractivity contribution in [1.82, 2.24) is 14.8 Å². The molecule has 0 radical (unpaired) electrons. The van der Waals surface area contributed by atoms with E-state index in [-0.39, 0.29) is 5.91 Å². The van der Waals surface area contributed by atoms with E-state index in [4.69, 9.17) is 10.8 Å². The summed E-state index contributed by atoms with van der Waals surface area (Å²) in [6.45, 7) is 6.64. The van der Waals surface area contributed by atoms with Gasteiger partial charge in [-0.25, -0.2) is 4.79 Å². The summed E-state index contributed by atoms with van der Waals surface area (Å²) >= 11 is 0. The minimum absolute atomic E-state index is 0.0712. The summed E-state index contributed by atoms with van der Waals surface area (Å²) in [7, 11) is 0. The lowest BCUT2D eigenvalue weighted by Crippen LogP contribution is -2.40. The molecule has 8 heteroatoms. The van der Waals surface area contributed by atoms with Crippen LogP contribution in [0.25, 0.3) is 10.9 Å². The number of carboxylic acid groups (broad SMARTS) is 1. The zero-order chi connectivity index (χ0) is 22.5. The maximum Gasteiger partial charge on any atom is 0.404 e. The quantitative estimate of drug-likeness (QED) is 0.624. The first-order valence-electron chi connectivity index (χ1n) is 10.9. The Labute approximate surface area is 182 Å². The minimum atomic E-state index is -1.00. The highest BCUT2D eigenvalue weighted by molar-refractivity contribution is 6.08. The molecular weight excluding hydrogens is 394 g/mol. The van der Waals surface area contributed by atoms with E-state index < -0.39 is 6.09 Å². The summed E-state index contributed by atoms with van der Waals surface area (Å²) < 4.78 is 1.98. The second-order valence-electron chi connectivity index (χ2n) is 8.70. The van der Waals surface area contributed by atoms with Gasteiger partial charge in [0.2, 0.25) is 0 Å². The number of rotatable bonds is 7. The molecule has 2 aromatic rings. The second kappa shape index (κ2) is 9.73. The van der Waals surface area contributed by atoms with Gasteiger partial charge in [0.05, 0.1) is 22.8 Å². The summed E-state index contributed by atoms with van der Waals surface area (Å²) in [6.07, 6.45) is 2.37. The highest BCUT2D eigenvalue weighted by Gasteiger charge is 2.29. The van der Waals surface area contributed by atoms with Crippen molar-refractivity contribution in [3.63, 3.8) is 0 Å². The fourth-order valence-corrected chi connectivity index (χ4v) is 4.25. The van der Waals surface area contributed by atoms with Crippen LogP contribution in [0.1, 0.15) is 55.6 Å². The Hall–Kier alpha value is -3.21. The molecule has 2 amide bonds. The number of amides is 2. The van der Waals surface area contributed by atoms with Gasteiger partial charge < -0.3 is 25.6 Å². The van der Waals surface area contributed by atoms with Crippen LogP contribution in [0, 0.1) is 23.2 Å². The zero-order valence-electron chi connectivity index (χ0n) is 18.2. The molecule has 0 atom stereocenters. The molecule has 1 fully saturated rings. The third-order valence-electron chi connectivity index (χ3n) is 6.10. The lowest BCUT2D eigenvalue weighted by molar-refractivity contribution is 0.0677. The third kappa shape index (κ3) is 5.10. The van der Waals surface area contributed by atoms with Crippen LogP contribution in [0.2, 0.25) is 0 Å². The second-order valence-corrected chi connectivity index (χ2v) is 8.70. The van der Waals surface area contributed by atoms with Crippen molar-refractivity contribution in [2.75, 3.05) is 25.4 Å². The summed E-state index contributed by atoms with van der Waals surface area (Å²) in [6, 6.07) is 7.54. The van der Waals surface area contributed by atoms with E-state index in [9.17, 15) is 14.9 Å². The van der Waals surface area contributed by atoms with Crippen LogP contribution >= 0.6 is 0 Å². The van der Waals surface area contributed by atoms with Crippen molar-refractivity contribution in [1.29, 1.82) is 5.26 Å². The van der Waals surface area contributed by atoms with Gasteiger partial charge in [-0.05, 0) is 55.7 Å². The van der Waals surface area contributed by atoms with Gasteiger partial charge in [-0.2, -0.15) is 5.26 Å². The number of nitrogen functional groups attached to an aromatic ring is 1. The topological polar surface area (TPSA) is 124 Å². The minimum Gasteiger partial charge on any atom is -0.465 e. The number of benzene rings is 1. The smallest absolute Gasteiger partial charge is 0.404 e. The van der Waals surface area contributed by atoms with Crippen molar-refractivity contribution >= 4 is 28.6 Å². The first kappa shape index (κ1) is 22.5. The summed E-state index contributed by atoms with van der Waals surface area (Å²) in [4.78, 5) is 26.0. The van der Waals surface area contributed by atoms with Gasteiger partial charge in [0.15, 0.2) is 0 Å². The molecule has 0 spiro atoms. The fourth-order valence-electron chi connectivity index (χ4n) is 4.25. The van der Waals surface area contributed by atoms with Crippen LogP contribution in [0.5, 0.6) is 0 Å². The van der Waals surface area contributed by atoms with E-state index >= 15 is 0 Å². The Kier molecular flexibility index (Phi) is 7.06. The Morgan fingerprint density at radius 2 is 2.03 bits per heavy atom. The summed E-state index contributed by atoms with van der Waals surface area (Å²) in [5.41, 5.74) is 8.81. The number of carbonyl (C=O) groups excluding carboxylic acids is 1. The van der Waals surface area contributed by atoms with Gasteiger partial charge in [0.25, 0.3) is 5.91 Å². The molecule has 1 aliphatic heterocycles. The SMILES string of the molecule is CC(C)CCn1c(C(=O)N2CCC(CCNC(=O)O)CC2)c(N)c2ccc(C#N)cc21. The van der Waals surface area contributed by atoms with Gasteiger partial charge in [-0.1, -0.05) is 13.8 Å². The van der Waals surface area contributed by atoms with Crippen LogP contribution in [-0.2, 0) is 6.54 Å². The molecular formula is C23H31N5O3. The van der Waals surface area contributed by atoms with Gasteiger partial charge in [-0.3, -0.25) is 4.79 Å². The first-order chi connectivity index (χ1) is 14.8. The number of likely N-dealkylation sites (tertiary alicyclic amines) is 1. The summed E-state index contributed by atoms with van der Waals surface area (Å²) in [5.74, 6) is 0.798. The van der Waals surface area contributed by atoms with E-state index in [0.29, 0.717) is 55.0 Å². The van der Waals surface area contributed by atoms with E-state index in [2.05, 4.69) is 25.2 Å². The van der Waals surface area contributed by atoms with Crippen molar-refractivity contribution in [3.8, 4) is 6.07 Å². The Bertz CT molecular complexity index is 997. The molecule has 31 heavy (non-hydrogen) atoms. The lowest BCUT2D eigenvalue weighted by Gasteiger charge is -2.32. The number of nitrogens with two attached hydrogens (primary N) is 1. The molecule has 166 valence electrons. The molecule has 0 unspecified atom stereocenters. The maximum atomic E-state index is 13.5. The van der Waals surface area contributed by atoms with Crippen molar-refractivity contribution in [2.45, 2.75) is 46.1 Å². The van der Waals surface area contributed by atoms with Crippen molar-refractivity contribution in [3.05, 3.63) is 29.5 Å². The first-order valence-corrected chi connectivity index (χ1v) is 10.9. The highest BCUT2D eigenvalue weighted by atomic mass is 16.4. The average Bonchev–Trinajstić information content (AvgIpc) is 3.02. The average molecular weight is 426 g/mol. The molecule has 3 rings (SSSR count). The number of nitriles is 1. The maximum absolute atomic E-state index is 13.5. The molecule has 8 nitrogen and oxygen atoms in total. The molecule has 2 heterocycles. The predicted molar refractivity (Wildman–Crippen MR) is 120 cm³/mol. The largest absolute Gasteiger partial charge is 0.465 e. The number of hydrogen-bond donors (Lipinski definition) is 3. The number of hydrogen-bond acceptors (Lipinski definition) is 4. The van der Waals surface area contributed by atoms with Gasteiger partial charge in [0, 0.05) is 31.6 Å². The molecule has 1 aliphatic rings. The number of aryl methyl sites for hydroxylation is 1. The molecule has 0 bridgehead atoms. The lowest BCUT2D eigenvalue weighted by atomic mass is 9.93. The Morgan fingerprint density at radius 1 is 1.32 bits per heavy atom. The van der Waals surface area contributed by atoms with E-state index in [1.54, 1.807) is 6.07 Å². The predicted octanol–water partition coefficient (Wildman–Crippen LogP) is 3.65. The Morgan fingerprint density at radius 3 is 2.65 bits per heavy atom. The number of aromatic nitrogens is 1. The Balaban J connectivity index is 1.82. The third-order valence-corrected chi connectivity index (χ3v) is 6.10. The van der Waals surface area contributed by atoms with Crippen LogP contribution in [0.15, 0.2) is 18.2 Å². The van der Waals surface area contributed by atoms with Crippen LogP contribution in [0.3, 0.4) is 0 Å². The molecule has 4 N–H and O–H groups in total. The number of fused-ring (bicyclic) bond motifs is 1. The van der Waals surface area contributed by atoms with Gasteiger partial charge in [0.1, 0.15) is 5.69 Å². The molecule has 1 aromatic heterocycles. The van der Waals surface area contributed by atoms with Crippen molar-refractivity contribution in [2.24, 2.45) is 11.8 Å². The van der Waals surface area contributed by atoms with Crippen LogP contribution in [0.4, 0.5) is 10.5 Å². The van der Waals surface area contributed by atoms with Crippen LogP contribution < -0.4 is 11.1 Å². The van der Waals surface area contributed by atoms with Gasteiger partial charge in [-0.15, -0.1) is 0 Å².